The number of aromatic nitrogens is 3. The lowest BCUT2D eigenvalue weighted by Crippen LogP contribution is -2.53. The van der Waals surface area contributed by atoms with Crippen LogP contribution in [0, 0.1) is 24.0 Å². The van der Waals surface area contributed by atoms with Gasteiger partial charge in [-0.25, -0.2) is 13.5 Å². The maximum atomic E-state index is 13.5. The number of nitrogens with one attached hydrogen (secondary N) is 1. The highest BCUT2D eigenvalue weighted by atomic mass is 19.1. The topological polar surface area (TPSA) is 49.2 Å². The molecule has 3 aromatic rings. The molecule has 0 saturated carbocycles. The normalized spacial score (nSPS) is 17.4. The molecular formula is C25H34F2N6. The van der Waals surface area contributed by atoms with E-state index in [1.807, 2.05) is 6.07 Å². The van der Waals surface area contributed by atoms with Crippen LogP contribution in [0.25, 0.3) is 5.69 Å². The van der Waals surface area contributed by atoms with Crippen molar-refractivity contribution in [2.24, 2.45) is 5.41 Å². The van der Waals surface area contributed by atoms with Crippen LogP contribution in [-0.2, 0) is 0 Å². The third-order valence-electron chi connectivity index (χ3n) is 5.73. The summed E-state index contributed by atoms with van der Waals surface area (Å²) in [6.45, 7) is 15.3. The summed E-state index contributed by atoms with van der Waals surface area (Å²) in [5.41, 5.74) is 3.72. The molecule has 0 spiro atoms. The second-order valence-electron chi connectivity index (χ2n) is 10.1. The summed E-state index contributed by atoms with van der Waals surface area (Å²) >= 11 is 0. The van der Waals surface area contributed by atoms with Gasteiger partial charge >= 0.3 is 0 Å². The van der Waals surface area contributed by atoms with E-state index in [1.165, 1.54) is 23.1 Å². The number of hydrogen-bond acceptors (Lipinski definition) is 5. The van der Waals surface area contributed by atoms with E-state index in [2.05, 4.69) is 72.0 Å². The Hall–Kier alpha value is -3.00. The molecule has 0 bridgehead atoms. The number of hydrogen-bond donors (Lipinski definition) is 1. The second kappa shape index (κ2) is 9.09. The van der Waals surface area contributed by atoms with Crippen molar-refractivity contribution in [3.05, 3.63) is 59.9 Å². The van der Waals surface area contributed by atoms with Gasteiger partial charge in [-0.1, -0.05) is 20.8 Å². The fourth-order valence-electron chi connectivity index (χ4n) is 4.34. The summed E-state index contributed by atoms with van der Waals surface area (Å²) in [5, 5.41) is 7.55. The van der Waals surface area contributed by atoms with Crippen LogP contribution in [0.5, 0.6) is 0 Å². The second-order valence-corrected chi connectivity index (χ2v) is 10.1. The predicted octanol–water partition coefficient (Wildman–Crippen LogP) is 5.40. The molecule has 6 nitrogen and oxygen atoms in total. The van der Waals surface area contributed by atoms with Crippen LogP contribution in [0.4, 0.5) is 26.1 Å². The van der Waals surface area contributed by atoms with E-state index in [9.17, 15) is 8.78 Å². The molecule has 8 heteroatoms. The summed E-state index contributed by atoms with van der Waals surface area (Å²) in [7, 11) is 0. The van der Waals surface area contributed by atoms with Gasteiger partial charge in [0, 0.05) is 51.1 Å². The van der Waals surface area contributed by atoms with Crippen LogP contribution in [0.2, 0.25) is 0 Å². The minimum Gasteiger partial charge on any atom is -0.369 e. The van der Waals surface area contributed by atoms with Gasteiger partial charge in [0.1, 0.15) is 18.0 Å². The molecule has 1 atom stereocenters. The molecule has 178 valence electrons. The smallest absolute Gasteiger partial charge is 0.246 e. The largest absolute Gasteiger partial charge is 0.369 e. The fraction of sp³-hybridized carbons (Fsp3) is 0.440. The Bertz CT molecular complexity index is 1110. The third kappa shape index (κ3) is 5.87. The first-order valence-corrected chi connectivity index (χ1v) is 11.3. The average Bonchev–Trinajstić information content (AvgIpc) is 3.16. The maximum Gasteiger partial charge on any atom is 0.246 e. The van der Waals surface area contributed by atoms with Crippen molar-refractivity contribution in [1.82, 2.24) is 19.7 Å². The molecule has 1 N–H and O–H groups in total. The first kappa shape index (κ1) is 23.2. The number of nitrogens with zero attached hydrogens (tertiary/aromatic N) is 5. The molecule has 33 heavy (non-hydrogen) atoms. The molecule has 0 radical (unpaired) electrons. The SMILES string of the molecule is Cc1cc(Nc2ncn(-c3cc(F)cc(F)c3)n2)cc(N2CCN(CC(C)(C)C)C(C)C2)c1.[HH]. The molecule has 2 aromatic carbocycles. The van der Waals surface area contributed by atoms with Gasteiger partial charge in [0.25, 0.3) is 0 Å². The molecule has 4 rings (SSSR count). The van der Waals surface area contributed by atoms with Crippen LogP contribution in [-0.4, -0.2) is 51.9 Å². The number of aryl methyl sites for hydroxylation is 1. The quantitative estimate of drug-likeness (QED) is 0.557. The van der Waals surface area contributed by atoms with Crippen molar-refractivity contribution < 1.29 is 10.2 Å². The highest BCUT2D eigenvalue weighted by Gasteiger charge is 2.27. The molecule has 1 unspecified atom stereocenters. The van der Waals surface area contributed by atoms with Crippen molar-refractivity contribution in [3.63, 3.8) is 0 Å². The van der Waals surface area contributed by atoms with Crippen molar-refractivity contribution in [3.8, 4) is 5.69 Å². The predicted molar refractivity (Wildman–Crippen MR) is 131 cm³/mol. The minimum atomic E-state index is -0.657. The zero-order valence-electron chi connectivity index (χ0n) is 19.9. The van der Waals surface area contributed by atoms with Gasteiger partial charge in [0.15, 0.2) is 0 Å². The lowest BCUT2D eigenvalue weighted by molar-refractivity contribution is 0.134. The zero-order chi connectivity index (χ0) is 23.8. The molecule has 1 aromatic heterocycles. The Morgan fingerprint density at radius 3 is 2.42 bits per heavy atom. The third-order valence-corrected chi connectivity index (χ3v) is 5.73. The van der Waals surface area contributed by atoms with Crippen molar-refractivity contribution >= 4 is 17.3 Å². The number of benzene rings is 2. The summed E-state index contributed by atoms with van der Waals surface area (Å²) in [6.07, 6.45) is 1.43. The Morgan fingerprint density at radius 2 is 1.76 bits per heavy atom. The molecule has 1 aliphatic heterocycles. The molecule has 1 saturated heterocycles. The van der Waals surface area contributed by atoms with Crippen molar-refractivity contribution in [1.29, 1.82) is 0 Å². The lowest BCUT2D eigenvalue weighted by atomic mass is 9.94. The first-order chi connectivity index (χ1) is 15.6. The van der Waals surface area contributed by atoms with Gasteiger partial charge in [-0.05, 0) is 55.2 Å². The van der Waals surface area contributed by atoms with Gasteiger partial charge in [0.05, 0.1) is 5.69 Å². The molecular weight excluding hydrogens is 422 g/mol. The summed E-state index contributed by atoms with van der Waals surface area (Å²) in [5.74, 6) is -0.954. The van der Waals surface area contributed by atoms with Gasteiger partial charge in [-0.3, -0.25) is 4.90 Å². The van der Waals surface area contributed by atoms with Gasteiger partial charge in [0.2, 0.25) is 5.95 Å². The maximum absolute atomic E-state index is 13.5. The van der Waals surface area contributed by atoms with Crippen molar-refractivity contribution in [2.45, 2.75) is 40.7 Å². The first-order valence-electron chi connectivity index (χ1n) is 11.3. The summed E-state index contributed by atoms with van der Waals surface area (Å²) in [6, 6.07) is 10.1. The number of halogens is 2. The van der Waals surface area contributed by atoms with E-state index in [4.69, 9.17) is 0 Å². The lowest BCUT2D eigenvalue weighted by Gasteiger charge is -2.43. The monoisotopic (exact) mass is 456 g/mol. The van der Waals surface area contributed by atoms with E-state index in [1.54, 1.807) is 0 Å². The highest BCUT2D eigenvalue weighted by molar-refractivity contribution is 5.64. The van der Waals surface area contributed by atoms with Crippen LogP contribution in [0.3, 0.4) is 0 Å². The van der Waals surface area contributed by atoms with Crippen LogP contribution in [0.1, 0.15) is 34.7 Å². The molecule has 1 aliphatic rings. The molecule has 2 heterocycles. The van der Waals surface area contributed by atoms with Crippen LogP contribution >= 0.6 is 0 Å². The van der Waals surface area contributed by atoms with Crippen molar-refractivity contribution in [2.75, 3.05) is 36.4 Å². The minimum absolute atomic E-state index is 0. The highest BCUT2D eigenvalue weighted by Crippen LogP contribution is 2.27. The zero-order valence-corrected chi connectivity index (χ0v) is 19.9. The Kier molecular flexibility index (Phi) is 6.38. The summed E-state index contributed by atoms with van der Waals surface area (Å²) in [4.78, 5) is 9.24. The van der Waals surface area contributed by atoms with Gasteiger partial charge in [-0.15, -0.1) is 5.10 Å². The van der Waals surface area contributed by atoms with E-state index in [0.29, 0.717) is 12.0 Å². The number of piperazine rings is 1. The standard InChI is InChI=1S/C25H32F2N6.H2/c1-17-8-21(29-24-28-16-33(30-24)23-11-19(26)10-20(27)12-23)13-22(9-17)31-6-7-32(18(2)14-31)15-25(3,4)5;/h8-13,16,18H,6-7,14-15H2,1-5H3,(H,29,30);1H. The van der Waals surface area contributed by atoms with E-state index in [0.717, 1.165) is 49.2 Å². The average molecular weight is 457 g/mol. The Labute approximate surface area is 195 Å². The van der Waals surface area contributed by atoms with E-state index >= 15 is 0 Å². The number of rotatable bonds is 5. The number of anilines is 3. The molecule has 0 aliphatic carbocycles. The molecule has 1 fully saturated rings. The molecule has 0 amide bonds. The van der Waals surface area contributed by atoms with Crippen LogP contribution < -0.4 is 10.2 Å². The Morgan fingerprint density at radius 1 is 1.03 bits per heavy atom. The Balaban J connectivity index is 0.00000324. The van der Waals surface area contributed by atoms with Gasteiger partial charge < -0.3 is 10.2 Å². The van der Waals surface area contributed by atoms with E-state index in [-0.39, 0.29) is 12.5 Å². The van der Waals surface area contributed by atoms with Gasteiger partial charge in [-0.2, -0.15) is 4.98 Å². The summed E-state index contributed by atoms with van der Waals surface area (Å²) < 4.78 is 28.4. The fourth-order valence-corrected chi connectivity index (χ4v) is 4.34. The van der Waals surface area contributed by atoms with E-state index < -0.39 is 11.6 Å². The van der Waals surface area contributed by atoms with Crippen LogP contribution in [0.15, 0.2) is 42.7 Å².